The fraction of sp³-hybridized carbons (Fsp3) is 0.136. The Morgan fingerprint density at radius 2 is 1.81 bits per heavy atom. The van der Waals surface area contributed by atoms with E-state index in [0.29, 0.717) is 12.2 Å². The van der Waals surface area contributed by atoms with Crippen molar-refractivity contribution in [3.05, 3.63) is 78.5 Å². The van der Waals surface area contributed by atoms with E-state index in [1.807, 2.05) is 0 Å². The number of hydrogen-bond donors (Lipinski definition) is 2. The summed E-state index contributed by atoms with van der Waals surface area (Å²) < 4.78 is 71.5. The van der Waals surface area contributed by atoms with Gasteiger partial charge in [0.15, 0.2) is 16.1 Å². The van der Waals surface area contributed by atoms with E-state index >= 15 is 0 Å². The molecule has 0 spiro atoms. The minimum absolute atomic E-state index is 0.0654. The Labute approximate surface area is 205 Å². The summed E-state index contributed by atoms with van der Waals surface area (Å²) >= 11 is 0. The lowest BCUT2D eigenvalue weighted by molar-refractivity contribution is -0.145. The monoisotopic (exact) mass is 537 g/mol. The van der Waals surface area contributed by atoms with Crippen LogP contribution in [0.15, 0.2) is 76.8 Å². The van der Waals surface area contributed by atoms with Crippen LogP contribution in [0.4, 0.5) is 4.39 Å². The van der Waals surface area contributed by atoms with E-state index in [1.54, 1.807) is 0 Å². The average molecular weight is 538 g/mol. The summed E-state index contributed by atoms with van der Waals surface area (Å²) in [5.41, 5.74) is -0.313. The number of carboxylic acid groups (broad SMARTS) is 1. The van der Waals surface area contributed by atoms with Gasteiger partial charge in [0.2, 0.25) is 5.95 Å². The van der Waals surface area contributed by atoms with Gasteiger partial charge >= 0.3 is 11.9 Å². The lowest BCUT2D eigenvalue weighted by Gasteiger charge is -2.14. The number of hydrogen-bond acceptors (Lipinski definition) is 9. The number of nitrogens with zero attached hydrogens (tertiary/aromatic N) is 2. The van der Waals surface area contributed by atoms with Gasteiger partial charge in [-0.2, -0.15) is 4.39 Å². The predicted molar refractivity (Wildman–Crippen MR) is 124 cm³/mol. The van der Waals surface area contributed by atoms with E-state index in [2.05, 4.69) is 10.3 Å². The van der Waals surface area contributed by atoms with Crippen molar-refractivity contribution >= 4 is 31.8 Å². The SMILES string of the molecule is CNC(OC(=O)/C=C/C(=O)O)c1cc(-c2cccnc2F)n(S(=O)(=O)c2cccc(S(C)(=O)=O)c2)c1. The summed E-state index contributed by atoms with van der Waals surface area (Å²) in [6.07, 6.45) is 3.14. The van der Waals surface area contributed by atoms with Gasteiger partial charge in [-0.25, -0.2) is 35.4 Å². The number of rotatable bonds is 9. The minimum atomic E-state index is -4.49. The molecule has 2 heterocycles. The van der Waals surface area contributed by atoms with Gasteiger partial charge in [-0.05, 0) is 43.4 Å². The Morgan fingerprint density at radius 1 is 1.11 bits per heavy atom. The van der Waals surface area contributed by atoms with Crippen LogP contribution in [0.1, 0.15) is 11.8 Å². The van der Waals surface area contributed by atoms with E-state index < -0.39 is 44.0 Å². The summed E-state index contributed by atoms with van der Waals surface area (Å²) in [4.78, 5) is 25.5. The van der Waals surface area contributed by atoms with E-state index in [-0.39, 0.29) is 26.6 Å². The molecule has 190 valence electrons. The van der Waals surface area contributed by atoms with Gasteiger partial charge in [-0.1, -0.05) is 6.07 Å². The van der Waals surface area contributed by atoms with Crippen LogP contribution in [0.25, 0.3) is 11.3 Å². The van der Waals surface area contributed by atoms with Crippen molar-refractivity contribution in [2.24, 2.45) is 0 Å². The fourth-order valence-electron chi connectivity index (χ4n) is 3.15. The Bertz CT molecular complexity index is 1560. The van der Waals surface area contributed by atoms with Gasteiger partial charge in [0.25, 0.3) is 10.0 Å². The smallest absolute Gasteiger partial charge is 0.332 e. The van der Waals surface area contributed by atoms with Crippen LogP contribution in [-0.2, 0) is 34.2 Å². The number of carboxylic acids is 1. The van der Waals surface area contributed by atoms with Crippen LogP contribution < -0.4 is 5.32 Å². The van der Waals surface area contributed by atoms with E-state index in [4.69, 9.17) is 9.84 Å². The first-order valence-electron chi connectivity index (χ1n) is 10.0. The Balaban J connectivity index is 2.18. The number of pyridine rings is 1. The van der Waals surface area contributed by atoms with E-state index in [1.165, 1.54) is 49.6 Å². The second-order valence-electron chi connectivity index (χ2n) is 7.33. The molecule has 3 rings (SSSR count). The average Bonchev–Trinajstić information content (AvgIpc) is 3.27. The van der Waals surface area contributed by atoms with Crippen LogP contribution >= 0.6 is 0 Å². The van der Waals surface area contributed by atoms with Crippen molar-refractivity contribution in [2.75, 3.05) is 13.3 Å². The highest BCUT2D eigenvalue weighted by Crippen LogP contribution is 2.31. The highest BCUT2D eigenvalue weighted by atomic mass is 32.2. The molecule has 0 saturated carbocycles. The van der Waals surface area contributed by atoms with Gasteiger partial charge in [-0.15, -0.1) is 0 Å². The molecule has 0 saturated heterocycles. The largest absolute Gasteiger partial charge is 0.478 e. The van der Waals surface area contributed by atoms with Gasteiger partial charge in [0.05, 0.1) is 21.0 Å². The minimum Gasteiger partial charge on any atom is -0.478 e. The number of carbonyl (C=O) groups excluding carboxylic acids is 1. The summed E-state index contributed by atoms with van der Waals surface area (Å²) in [7, 11) is -6.83. The topological polar surface area (TPSA) is 162 Å². The molecule has 14 heteroatoms. The molecule has 1 atom stereocenters. The van der Waals surface area contributed by atoms with Crippen molar-refractivity contribution < 1.29 is 40.7 Å². The summed E-state index contributed by atoms with van der Waals surface area (Å²) in [5, 5.41) is 11.3. The maximum atomic E-state index is 14.6. The maximum absolute atomic E-state index is 14.6. The number of nitrogens with one attached hydrogen (secondary N) is 1. The predicted octanol–water partition coefficient (Wildman–Crippen LogP) is 1.73. The molecule has 2 aromatic heterocycles. The number of ether oxygens (including phenoxy) is 1. The third kappa shape index (κ3) is 5.84. The van der Waals surface area contributed by atoms with Gasteiger partial charge < -0.3 is 9.84 Å². The Hall–Kier alpha value is -3.88. The highest BCUT2D eigenvalue weighted by Gasteiger charge is 2.27. The van der Waals surface area contributed by atoms with Crippen LogP contribution in [0.3, 0.4) is 0 Å². The first kappa shape index (κ1) is 26.7. The normalized spacial score (nSPS) is 13.0. The standard InChI is InChI=1S/C22H20FN3O8S2/c1-24-22(34-20(29)9-8-19(27)28)14-11-18(17-7-4-10-25-21(17)23)26(13-14)36(32,33)16-6-3-5-15(12-16)35(2,30)31/h3-13,22,24H,1-2H3,(H,27,28)/b9-8+. The van der Waals surface area contributed by atoms with Crippen LogP contribution in [0, 0.1) is 5.95 Å². The third-order valence-electron chi connectivity index (χ3n) is 4.79. The first-order chi connectivity index (χ1) is 16.8. The van der Waals surface area contributed by atoms with Gasteiger partial charge in [-0.3, -0.25) is 5.32 Å². The van der Waals surface area contributed by atoms with Crippen LogP contribution in [-0.4, -0.2) is 56.1 Å². The van der Waals surface area contributed by atoms with Gasteiger partial charge in [0.1, 0.15) is 0 Å². The molecular weight excluding hydrogens is 517 g/mol. The zero-order valence-corrected chi connectivity index (χ0v) is 20.5. The zero-order valence-electron chi connectivity index (χ0n) is 18.8. The quantitative estimate of drug-likeness (QED) is 0.178. The van der Waals surface area contributed by atoms with Crippen molar-refractivity contribution in [3.8, 4) is 11.3 Å². The molecule has 11 nitrogen and oxygen atoms in total. The van der Waals surface area contributed by atoms with Gasteiger partial charge in [0, 0.05) is 36.4 Å². The summed E-state index contributed by atoms with van der Waals surface area (Å²) in [6, 6.07) is 8.56. The fourth-order valence-corrected chi connectivity index (χ4v) is 5.31. The van der Waals surface area contributed by atoms with Crippen LogP contribution in [0.5, 0.6) is 0 Å². The molecule has 0 bridgehead atoms. The zero-order chi connectivity index (χ0) is 26.7. The molecule has 1 unspecified atom stereocenters. The lowest BCUT2D eigenvalue weighted by atomic mass is 10.2. The molecular formula is C22H20FN3O8S2. The molecule has 1 aromatic carbocycles. The van der Waals surface area contributed by atoms with Crippen molar-refractivity contribution in [1.82, 2.24) is 14.3 Å². The third-order valence-corrected chi connectivity index (χ3v) is 7.57. The number of sulfone groups is 1. The Morgan fingerprint density at radius 3 is 2.42 bits per heavy atom. The molecule has 2 N–H and O–H groups in total. The molecule has 0 amide bonds. The van der Waals surface area contributed by atoms with Crippen molar-refractivity contribution in [2.45, 2.75) is 16.0 Å². The number of aromatic nitrogens is 2. The van der Waals surface area contributed by atoms with Crippen molar-refractivity contribution in [1.29, 1.82) is 0 Å². The molecule has 0 aliphatic heterocycles. The molecule has 3 aromatic rings. The molecule has 36 heavy (non-hydrogen) atoms. The maximum Gasteiger partial charge on any atom is 0.332 e. The first-order valence-corrected chi connectivity index (χ1v) is 13.4. The van der Waals surface area contributed by atoms with Crippen LogP contribution in [0.2, 0.25) is 0 Å². The summed E-state index contributed by atoms with van der Waals surface area (Å²) in [5.74, 6) is -3.40. The number of halogens is 1. The number of benzene rings is 1. The summed E-state index contributed by atoms with van der Waals surface area (Å²) in [6.45, 7) is 0. The van der Waals surface area contributed by atoms with Crippen molar-refractivity contribution in [3.63, 3.8) is 0 Å². The molecule has 0 aliphatic rings. The number of esters is 1. The van der Waals surface area contributed by atoms with E-state index in [9.17, 15) is 30.8 Å². The lowest BCUT2D eigenvalue weighted by Crippen LogP contribution is -2.22. The molecule has 0 radical (unpaired) electrons. The second kappa shape index (κ2) is 10.4. The molecule has 0 aliphatic carbocycles. The number of aliphatic carboxylic acids is 1. The Kier molecular flexibility index (Phi) is 7.71. The highest BCUT2D eigenvalue weighted by molar-refractivity contribution is 7.91. The number of carbonyl (C=O) groups is 2. The molecule has 0 fully saturated rings. The second-order valence-corrected chi connectivity index (χ2v) is 11.2. The van der Waals surface area contributed by atoms with E-state index in [0.717, 1.165) is 22.5 Å².